The first-order valence-corrected chi connectivity index (χ1v) is 15.6. The van der Waals surface area contributed by atoms with Crippen molar-refractivity contribution >= 4 is 50.2 Å². The van der Waals surface area contributed by atoms with Gasteiger partial charge in [0.05, 0.1) is 42.6 Å². The van der Waals surface area contributed by atoms with Crippen LogP contribution in [-0.2, 0) is 27.6 Å². The fraction of sp³-hybridized carbons (Fsp3) is 0.484. The third-order valence-corrected chi connectivity index (χ3v) is 9.88. The summed E-state index contributed by atoms with van der Waals surface area (Å²) in [6, 6.07) is 7.48. The van der Waals surface area contributed by atoms with Crippen LogP contribution in [0.5, 0.6) is 11.5 Å². The lowest BCUT2D eigenvalue weighted by molar-refractivity contribution is -0.138. The molecule has 1 unspecified atom stereocenters. The Balaban J connectivity index is 1.04. The maximum absolute atomic E-state index is 13.3. The minimum Gasteiger partial charge on any atom is -0.492 e. The molecule has 2 aromatic carbocycles. The number of hydrogen-bond donors (Lipinski definition) is 2. The van der Waals surface area contributed by atoms with Gasteiger partial charge in [0, 0.05) is 23.3 Å². The first kappa shape index (κ1) is 31.3. The van der Waals surface area contributed by atoms with Crippen LogP contribution in [-0.4, -0.2) is 65.2 Å². The fourth-order valence-electron chi connectivity index (χ4n) is 6.84. The van der Waals surface area contributed by atoms with Crippen LogP contribution in [0.1, 0.15) is 55.7 Å². The van der Waals surface area contributed by atoms with Gasteiger partial charge in [-0.15, -0.1) is 0 Å². The number of hydrogen-bond acceptors (Lipinski definition) is 7. The molecule has 3 amide bonds. The lowest BCUT2D eigenvalue weighted by Gasteiger charge is -2.51. The number of rotatable bonds is 7. The highest BCUT2D eigenvalue weighted by atomic mass is 79.9. The summed E-state index contributed by atoms with van der Waals surface area (Å²) in [6.07, 6.45) is -0.688. The number of aromatic nitrogens is 2. The van der Waals surface area contributed by atoms with Crippen LogP contribution in [0.25, 0.3) is 10.9 Å². The van der Waals surface area contributed by atoms with Gasteiger partial charge in [0.15, 0.2) is 5.75 Å². The predicted molar refractivity (Wildman–Crippen MR) is 162 cm³/mol. The van der Waals surface area contributed by atoms with Gasteiger partial charge in [-0.3, -0.25) is 29.3 Å². The van der Waals surface area contributed by atoms with Crippen LogP contribution in [0, 0.1) is 5.41 Å². The van der Waals surface area contributed by atoms with E-state index in [2.05, 4.69) is 36.6 Å². The maximum Gasteiger partial charge on any atom is 0.417 e. The molecular formula is C31H33BrF3N5O5. The van der Waals surface area contributed by atoms with Gasteiger partial charge in [-0.2, -0.15) is 18.3 Å². The number of anilines is 1. The van der Waals surface area contributed by atoms with Gasteiger partial charge >= 0.3 is 6.18 Å². The van der Waals surface area contributed by atoms with E-state index in [0.717, 1.165) is 44.8 Å². The van der Waals surface area contributed by atoms with Gasteiger partial charge in [-0.1, -0.05) is 15.9 Å². The Morgan fingerprint density at radius 3 is 2.58 bits per heavy atom. The Hall–Kier alpha value is -3.65. The molecular weight excluding hydrogens is 659 g/mol. The van der Waals surface area contributed by atoms with Crippen molar-refractivity contribution < 1.29 is 37.0 Å². The molecule has 2 saturated heterocycles. The van der Waals surface area contributed by atoms with E-state index in [-0.39, 0.29) is 52.4 Å². The summed E-state index contributed by atoms with van der Waals surface area (Å²) < 4.78 is 52.9. The number of piperidine rings is 2. The van der Waals surface area contributed by atoms with Gasteiger partial charge < -0.3 is 14.8 Å². The zero-order valence-corrected chi connectivity index (χ0v) is 26.4. The van der Waals surface area contributed by atoms with Crippen LogP contribution in [0.15, 0.2) is 34.8 Å². The number of likely N-dealkylation sites (tertiary alicyclic amines) is 1. The molecule has 3 aliphatic rings. The number of nitrogens with one attached hydrogen (secondary N) is 2. The van der Waals surface area contributed by atoms with Crippen LogP contribution in [0.3, 0.4) is 0 Å². The van der Waals surface area contributed by atoms with E-state index in [9.17, 15) is 27.6 Å². The average molecular weight is 693 g/mol. The van der Waals surface area contributed by atoms with E-state index in [1.165, 1.54) is 13.2 Å². The lowest BCUT2D eigenvalue weighted by atomic mass is 9.61. The van der Waals surface area contributed by atoms with Crippen molar-refractivity contribution in [2.75, 3.05) is 32.1 Å². The molecule has 1 aromatic heterocycles. The molecule has 2 aliphatic heterocycles. The normalized spacial score (nSPS) is 20.6. The lowest BCUT2D eigenvalue weighted by Crippen LogP contribution is -2.51. The summed E-state index contributed by atoms with van der Waals surface area (Å²) in [7, 11) is 3.25. The quantitative estimate of drug-likeness (QED) is 0.330. The number of imide groups is 1. The van der Waals surface area contributed by atoms with E-state index >= 15 is 0 Å². The summed E-state index contributed by atoms with van der Waals surface area (Å²) in [4.78, 5) is 39.3. The predicted octanol–water partition coefficient (Wildman–Crippen LogP) is 5.15. The van der Waals surface area contributed by atoms with Crippen molar-refractivity contribution in [3.8, 4) is 11.5 Å². The number of fused-ring (bicyclic) bond motifs is 1. The van der Waals surface area contributed by atoms with E-state index in [1.54, 1.807) is 29.9 Å². The van der Waals surface area contributed by atoms with Crippen LogP contribution >= 0.6 is 15.9 Å². The SMILES string of the molecule is COc1c(NC(=O)CN2CCC3(CC2)CC(Oc2ccc(Br)c(C(F)(F)F)c2)C3)ccc2c(C3CCC(=O)NC3=O)nn(C)c12. The topological polar surface area (TPSA) is 115 Å². The monoisotopic (exact) mass is 691 g/mol. The third kappa shape index (κ3) is 6.26. The van der Waals surface area contributed by atoms with E-state index in [0.29, 0.717) is 34.5 Å². The molecule has 45 heavy (non-hydrogen) atoms. The number of nitrogens with zero attached hydrogens (tertiary/aromatic N) is 3. The van der Waals surface area contributed by atoms with Crippen molar-refractivity contribution in [2.45, 2.75) is 56.7 Å². The number of carbonyl (C=O) groups is 3. The number of aryl methyl sites for hydroxylation is 1. The summed E-state index contributed by atoms with van der Waals surface area (Å²) in [6.45, 7) is 1.65. The van der Waals surface area contributed by atoms with E-state index in [4.69, 9.17) is 9.47 Å². The number of amides is 3. The zero-order chi connectivity index (χ0) is 32.1. The van der Waals surface area contributed by atoms with E-state index in [1.807, 2.05) is 0 Å². The molecule has 3 aromatic rings. The van der Waals surface area contributed by atoms with Crippen LogP contribution in [0.4, 0.5) is 18.9 Å². The molecule has 1 aliphatic carbocycles. The van der Waals surface area contributed by atoms with Gasteiger partial charge in [-0.25, -0.2) is 0 Å². The second kappa shape index (κ2) is 11.9. The van der Waals surface area contributed by atoms with E-state index < -0.39 is 17.7 Å². The zero-order valence-electron chi connectivity index (χ0n) is 24.8. The largest absolute Gasteiger partial charge is 0.492 e. The maximum atomic E-state index is 13.3. The second-order valence-corrected chi connectivity index (χ2v) is 13.0. The summed E-state index contributed by atoms with van der Waals surface area (Å²) in [5.41, 5.74) is 1.00. The van der Waals surface area contributed by atoms with Crippen molar-refractivity contribution in [3.05, 3.63) is 46.1 Å². The summed E-state index contributed by atoms with van der Waals surface area (Å²) >= 11 is 2.96. The molecule has 240 valence electrons. The van der Waals surface area contributed by atoms with Crippen molar-refractivity contribution in [1.82, 2.24) is 20.0 Å². The molecule has 1 atom stereocenters. The molecule has 10 nitrogen and oxygen atoms in total. The molecule has 0 radical (unpaired) electrons. The third-order valence-electron chi connectivity index (χ3n) is 9.19. The van der Waals surface area contributed by atoms with Gasteiger partial charge in [0.2, 0.25) is 17.7 Å². The Bertz CT molecular complexity index is 1660. The smallest absolute Gasteiger partial charge is 0.417 e. The van der Waals surface area contributed by atoms with Gasteiger partial charge in [-0.05, 0) is 80.9 Å². The Kier molecular flexibility index (Phi) is 8.31. The fourth-order valence-corrected chi connectivity index (χ4v) is 7.32. The highest BCUT2D eigenvalue weighted by Gasteiger charge is 2.47. The minimum absolute atomic E-state index is 0.0151. The van der Waals surface area contributed by atoms with Crippen molar-refractivity contribution in [2.24, 2.45) is 12.5 Å². The number of alkyl halides is 3. The van der Waals surface area contributed by atoms with Crippen LogP contribution < -0.4 is 20.1 Å². The molecule has 1 saturated carbocycles. The highest BCUT2D eigenvalue weighted by molar-refractivity contribution is 9.10. The molecule has 6 rings (SSSR count). The first-order chi connectivity index (χ1) is 21.4. The Morgan fingerprint density at radius 2 is 1.91 bits per heavy atom. The minimum atomic E-state index is -4.46. The molecule has 3 fully saturated rings. The standard InChI is InChI=1S/C31H33BrF3N5O5/c1-39-27-19(26(38-39)20-5-8-24(41)37-29(20)43)4-7-23(28(27)44-2)36-25(42)16-40-11-9-30(10-12-40)14-18(15-30)45-17-3-6-22(32)21(13-17)31(33,34)35/h3-4,6-7,13,18,20H,5,8-12,14-16H2,1-2H3,(H,36,42)(H,37,41,43). The average Bonchev–Trinajstić information content (AvgIpc) is 3.29. The number of methoxy groups -OCH3 is 1. The molecule has 3 heterocycles. The molecule has 2 N–H and O–H groups in total. The Morgan fingerprint density at radius 1 is 1.18 bits per heavy atom. The highest BCUT2D eigenvalue weighted by Crippen LogP contribution is 2.50. The summed E-state index contributed by atoms with van der Waals surface area (Å²) in [5.74, 6) is -0.773. The second-order valence-electron chi connectivity index (χ2n) is 12.2. The number of carbonyl (C=O) groups excluding carboxylic acids is 3. The van der Waals surface area contributed by atoms with Crippen molar-refractivity contribution in [3.63, 3.8) is 0 Å². The first-order valence-electron chi connectivity index (χ1n) is 14.8. The van der Waals surface area contributed by atoms with Crippen LogP contribution in [0.2, 0.25) is 0 Å². The molecule has 1 spiro atoms. The number of halogens is 4. The Labute approximate surface area is 265 Å². The van der Waals surface area contributed by atoms with Gasteiger partial charge in [0.25, 0.3) is 0 Å². The summed E-state index contributed by atoms with van der Waals surface area (Å²) in [5, 5.41) is 10.6. The number of ether oxygens (including phenoxy) is 2. The molecule has 0 bridgehead atoms. The van der Waals surface area contributed by atoms with Crippen molar-refractivity contribution in [1.29, 1.82) is 0 Å². The number of benzene rings is 2. The van der Waals surface area contributed by atoms with Gasteiger partial charge in [0.1, 0.15) is 11.3 Å². The molecule has 14 heteroatoms.